The second kappa shape index (κ2) is 7.35. The zero-order chi connectivity index (χ0) is 17.0. The fourth-order valence-corrected chi connectivity index (χ4v) is 2.74. The summed E-state index contributed by atoms with van der Waals surface area (Å²) in [5, 5.41) is 13.4. The van der Waals surface area contributed by atoms with E-state index in [2.05, 4.69) is 21.2 Å². The molecule has 1 amide bonds. The lowest BCUT2D eigenvalue weighted by Gasteiger charge is -2.13. The van der Waals surface area contributed by atoms with Crippen LogP contribution in [-0.2, 0) is 9.53 Å². The van der Waals surface area contributed by atoms with E-state index >= 15 is 0 Å². The zero-order valence-corrected chi connectivity index (χ0v) is 14.2. The summed E-state index contributed by atoms with van der Waals surface area (Å²) in [6.45, 7) is 1.36. The smallest absolute Gasteiger partial charge is 0.341 e. The number of nitriles is 1. The molecule has 118 valence electrons. The lowest BCUT2D eigenvalue weighted by Crippen LogP contribution is -2.30. The molecule has 1 atom stereocenters. The molecule has 1 aromatic carbocycles. The van der Waals surface area contributed by atoms with Gasteiger partial charge in [-0.1, -0.05) is 15.9 Å². The van der Waals surface area contributed by atoms with Gasteiger partial charge < -0.3 is 10.1 Å². The van der Waals surface area contributed by atoms with E-state index < -0.39 is 23.8 Å². The summed E-state index contributed by atoms with van der Waals surface area (Å²) in [5.41, 5.74) is 0.0489. The summed E-state index contributed by atoms with van der Waals surface area (Å²) in [7, 11) is 0. The number of benzene rings is 1. The van der Waals surface area contributed by atoms with Crippen LogP contribution in [0.25, 0.3) is 0 Å². The van der Waals surface area contributed by atoms with Gasteiger partial charge in [-0.2, -0.15) is 5.26 Å². The van der Waals surface area contributed by atoms with E-state index in [1.165, 1.54) is 30.4 Å². The number of ether oxygens (including phenoxy) is 1. The van der Waals surface area contributed by atoms with Gasteiger partial charge in [0, 0.05) is 4.47 Å². The van der Waals surface area contributed by atoms with Gasteiger partial charge in [0.05, 0.1) is 11.1 Å². The molecule has 0 aliphatic carbocycles. The minimum Gasteiger partial charge on any atom is -0.449 e. The molecule has 1 N–H and O–H groups in total. The predicted molar refractivity (Wildman–Crippen MR) is 86.6 cm³/mol. The third-order valence-electron chi connectivity index (χ3n) is 2.82. The fourth-order valence-electron chi connectivity index (χ4n) is 1.64. The van der Waals surface area contributed by atoms with Crippen LogP contribution in [0.1, 0.15) is 22.8 Å². The molecular weight excluding hydrogens is 387 g/mol. The second-order valence-corrected chi connectivity index (χ2v) is 6.27. The quantitative estimate of drug-likeness (QED) is 0.798. The maximum absolute atomic E-state index is 13.6. The number of thiophene rings is 1. The number of rotatable bonds is 4. The summed E-state index contributed by atoms with van der Waals surface area (Å²) >= 11 is 4.31. The molecule has 0 bridgehead atoms. The van der Waals surface area contributed by atoms with E-state index in [-0.39, 0.29) is 5.56 Å². The number of hydrogen-bond acceptors (Lipinski definition) is 5. The number of halogens is 2. The molecule has 23 heavy (non-hydrogen) atoms. The van der Waals surface area contributed by atoms with E-state index in [4.69, 9.17) is 10.00 Å². The molecule has 5 nitrogen and oxygen atoms in total. The van der Waals surface area contributed by atoms with Crippen molar-refractivity contribution >= 4 is 44.1 Å². The molecule has 0 radical (unpaired) electrons. The van der Waals surface area contributed by atoms with Crippen LogP contribution in [0.3, 0.4) is 0 Å². The molecule has 0 aliphatic heterocycles. The lowest BCUT2D eigenvalue weighted by molar-refractivity contribution is -0.123. The Kier molecular flexibility index (Phi) is 5.47. The number of nitrogens with one attached hydrogen (secondary N) is 1. The van der Waals surface area contributed by atoms with Crippen LogP contribution in [0.2, 0.25) is 0 Å². The largest absolute Gasteiger partial charge is 0.449 e. The van der Waals surface area contributed by atoms with Gasteiger partial charge >= 0.3 is 5.97 Å². The minimum atomic E-state index is -1.14. The number of esters is 1. The Labute approximate surface area is 143 Å². The number of hydrogen-bond donors (Lipinski definition) is 1. The van der Waals surface area contributed by atoms with Crippen molar-refractivity contribution in [1.29, 1.82) is 5.26 Å². The highest BCUT2D eigenvalue weighted by Crippen LogP contribution is 2.23. The van der Waals surface area contributed by atoms with Crippen LogP contribution >= 0.6 is 27.3 Å². The lowest BCUT2D eigenvalue weighted by atomic mass is 10.2. The Morgan fingerprint density at radius 2 is 2.17 bits per heavy atom. The van der Waals surface area contributed by atoms with Gasteiger partial charge in [-0.05, 0) is 36.6 Å². The average molecular weight is 397 g/mol. The van der Waals surface area contributed by atoms with Gasteiger partial charge in [-0.25, -0.2) is 9.18 Å². The predicted octanol–water partition coefficient (Wildman–Crippen LogP) is 3.71. The number of carbonyl (C=O) groups excluding carboxylic acids is 2. The minimum absolute atomic E-state index is 0.270. The van der Waals surface area contributed by atoms with Crippen molar-refractivity contribution < 1.29 is 18.7 Å². The number of carbonyl (C=O) groups is 2. The monoisotopic (exact) mass is 396 g/mol. The Balaban J connectivity index is 2.05. The van der Waals surface area contributed by atoms with Gasteiger partial charge in [0.2, 0.25) is 0 Å². The summed E-state index contributed by atoms with van der Waals surface area (Å²) in [4.78, 5) is 23.9. The van der Waals surface area contributed by atoms with Gasteiger partial charge in [-0.15, -0.1) is 11.3 Å². The summed E-state index contributed by atoms with van der Waals surface area (Å²) in [5.74, 6) is -2.29. The van der Waals surface area contributed by atoms with Crippen molar-refractivity contribution in [2.45, 2.75) is 13.0 Å². The highest BCUT2D eigenvalue weighted by molar-refractivity contribution is 9.10. The molecule has 0 spiro atoms. The molecule has 0 saturated carbocycles. The molecule has 1 heterocycles. The van der Waals surface area contributed by atoms with Crippen molar-refractivity contribution in [2.24, 2.45) is 0 Å². The molecule has 0 saturated heterocycles. The zero-order valence-electron chi connectivity index (χ0n) is 11.8. The van der Waals surface area contributed by atoms with Crippen LogP contribution in [0.4, 0.5) is 9.39 Å². The van der Waals surface area contributed by atoms with E-state index in [1.807, 2.05) is 6.07 Å². The van der Waals surface area contributed by atoms with Crippen molar-refractivity contribution in [3.63, 3.8) is 0 Å². The standard InChI is InChI=1S/C15H10BrFN2O3S/c1-8(13(20)19-14-9(7-18)4-5-23-14)22-15(21)11-6-10(16)2-3-12(11)17/h2-6,8H,1H3,(H,19,20)/t8-/m0/s1. The topological polar surface area (TPSA) is 79.2 Å². The Hall–Kier alpha value is -2.24. The van der Waals surface area contributed by atoms with E-state index in [0.717, 1.165) is 6.07 Å². The molecule has 0 fully saturated rings. The van der Waals surface area contributed by atoms with Crippen molar-refractivity contribution in [3.05, 3.63) is 51.1 Å². The summed E-state index contributed by atoms with van der Waals surface area (Å²) in [6.07, 6.45) is -1.14. The number of amides is 1. The average Bonchev–Trinajstić information content (AvgIpc) is 2.96. The van der Waals surface area contributed by atoms with Gasteiger partial charge in [0.25, 0.3) is 5.91 Å². The maximum atomic E-state index is 13.6. The van der Waals surface area contributed by atoms with Crippen LogP contribution in [0.5, 0.6) is 0 Å². The fraction of sp³-hybridized carbons (Fsp3) is 0.133. The first-order valence-electron chi connectivity index (χ1n) is 6.37. The molecule has 2 aromatic rings. The molecular formula is C15H10BrFN2O3S. The van der Waals surface area contributed by atoms with Crippen molar-refractivity contribution in [3.8, 4) is 6.07 Å². The van der Waals surface area contributed by atoms with Crippen LogP contribution in [0.15, 0.2) is 34.1 Å². The first-order valence-corrected chi connectivity index (χ1v) is 8.04. The Morgan fingerprint density at radius 1 is 1.43 bits per heavy atom. The Bertz CT molecular complexity index is 800. The van der Waals surface area contributed by atoms with Crippen molar-refractivity contribution in [2.75, 3.05) is 5.32 Å². The highest BCUT2D eigenvalue weighted by Gasteiger charge is 2.22. The SMILES string of the molecule is C[C@H](OC(=O)c1cc(Br)ccc1F)C(=O)Nc1sccc1C#N. The highest BCUT2D eigenvalue weighted by atomic mass is 79.9. The Morgan fingerprint density at radius 3 is 2.87 bits per heavy atom. The van der Waals surface area contributed by atoms with Crippen LogP contribution in [0, 0.1) is 17.1 Å². The maximum Gasteiger partial charge on any atom is 0.341 e. The first kappa shape index (κ1) is 17.1. The third-order valence-corrected chi connectivity index (χ3v) is 4.15. The van der Waals surface area contributed by atoms with E-state index in [0.29, 0.717) is 15.0 Å². The molecule has 2 rings (SSSR count). The van der Waals surface area contributed by atoms with E-state index in [9.17, 15) is 14.0 Å². The second-order valence-electron chi connectivity index (χ2n) is 4.44. The molecule has 8 heteroatoms. The molecule has 0 aliphatic rings. The van der Waals surface area contributed by atoms with Crippen molar-refractivity contribution in [1.82, 2.24) is 0 Å². The third kappa shape index (κ3) is 4.15. The summed E-state index contributed by atoms with van der Waals surface area (Å²) in [6, 6.07) is 7.34. The van der Waals surface area contributed by atoms with E-state index in [1.54, 1.807) is 11.4 Å². The molecule has 1 aromatic heterocycles. The summed E-state index contributed by atoms with van der Waals surface area (Å²) < 4.78 is 19.1. The van der Waals surface area contributed by atoms with Gasteiger partial charge in [-0.3, -0.25) is 4.79 Å². The van der Waals surface area contributed by atoms with Gasteiger partial charge in [0.15, 0.2) is 6.10 Å². The normalized spacial score (nSPS) is 11.4. The van der Waals surface area contributed by atoms with Crippen LogP contribution < -0.4 is 5.32 Å². The molecule has 0 unspecified atom stereocenters. The number of anilines is 1. The van der Waals surface area contributed by atoms with Crippen LogP contribution in [-0.4, -0.2) is 18.0 Å². The number of nitrogens with zero attached hydrogens (tertiary/aromatic N) is 1. The van der Waals surface area contributed by atoms with Gasteiger partial charge in [0.1, 0.15) is 16.9 Å². The first-order chi connectivity index (χ1) is 10.9.